The van der Waals surface area contributed by atoms with Gasteiger partial charge in [-0.3, -0.25) is 9.59 Å². The van der Waals surface area contributed by atoms with Gasteiger partial charge in [-0.1, -0.05) is 159 Å². The summed E-state index contributed by atoms with van der Waals surface area (Å²) in [4.78, 5) is 25.4. The summed E-state index contributed by atoms with van der Waals surface area (Å²) in [7, 11) is 0. The van der Waals surface area contributed by atoms with E-state index in [4.69, 9.17) is 18.9 Å². The van der Waals surface area contributed by atoms with Crippen molar-refractivity contribution >= 4 is 11.9 Å². The minimum atomic E-state index is -1.60. The van der Waals surface area contributed by atoms with Gasteiger partial charge in [0, 0.05) is 12.8 Å². The second kappa shape index (κ2) is 40.0. The number of esters is 2. The first-order chi connectivity index (χ1) is 28.8. The van der Waals surface area contributed by atoms with Crippen molar-refractivity contribution in [2.45, 2.75) is 243 Å². The summed E-state index contributed by atoms with van der Waals surface area (Å²) < 4.78 is 22.2. The van der Waals surface area contributed by atoms with E-state index in [0.29, 0.717) is 12.8 Å². The van der Waals surface area contributed by atoms with Crippen LogP contribution in [-0.2, 0) is 28.5 Å². The Morgan fingerprint density at radius 2 is 0.949 bits per heavy atom. The molecule has 59 heavy (non-hydrogen) atoms. The zero-order chi connectivity index (χ0) is 43.0. The highest BCUT2D eigenvalue weighted by Crippen LogP contribution is 2.23. The van der Waals surface area contributed by atoms with Crippen molar-refractivity contribution in [2.24, 2.45) is 0 Å². The maximum Gasteiger partial charge on any atom is 0.306 e. The predicted molar refractivity (Wildman–Crippen MR) is 238 cm³/mol. The number of aliphatic hydroxyl groups is 4. The standard InChI is InChI=1S/C49H88O10/c1-3-5-7-9-11-13-15-17-19-20-21-22-24-26-28-30-32-34-36-38-45(52)58-42(41-57-49-48(55)47(54)46(53)43(39-50)59-49)40-56-44(51)37-35-33-31-29-27-25-23-18-16-14-12-10-8-6-4-2/h11,13,17-19,23,42-43,46-50,53-55H,3-10,12,14-16,20-22,24-41H2,1-2H3/b13-11-,19-17-,23-18-. The molecule has 1 rings (SSSR count). The Hall–Kier alpha value is -2.08. The van der Waals surface area contributed by atoms with Gasteiger partial charge in [0.2, 0.25) is 0 Å². The normalized spacial score (nSPS) is 20.3. The molecule has 0 aliphatic carbocycles. The van der Waals surface area contributed by atoms with E-state index >= 15 is 0 Å². The monoisotopic (exact) mass is 837 g/mol. The van der Waals surface area contributed by atoms with Gasteiger partial charge in [-0.2, -0.15) is 0 Å². The molecule has 0 saturated carbocycles. The van der Waals surface area contributed by atoms with Crippen LogP contribution in [0.5, 0.6) is 0 Å². The lowest BCUT2D eigenvalue weighted by atomic mass is 9.99. The van der Waals surface area contributed by atoms with Gasteiger partial charge in [0.1, 0.15) is 31.0 Å². The number of rotatable bonds is 40. The zero-order valence-electron chi connectivity index (χ0n) is 37.5. The van der Waals surface area contributed by atoms with E-state index in [1.54, 1.807) is 0 Å². The van der Waals surface area contributed by atoms with E-state index < -0.39 is 49.4 Å². The first-order valence-electron chi connectivity index (χ1n) is 24.1. The van der Waals surface area contributed by atoms with Crippen molar-refractivity contribution in [3.05, 3.63) is 36.5 Å². The average molecular weight is 837 g/mol. The summed E-state index contributed by atoms with van der Waals surface area (Å²) in [5, 5.41) is 40.1. The summed E-state index contributed by atoms with van der Waals surface area (Å²) >= 11 is 0. The van der Waals surface area contributed by atoms with Crippen molar-refractivity contribution in [1.29, 1.82) is 0 Å². The molecule has 0 aromatic rings. The highest BCUT2D eigenvalue weighted by molar-refractivity contribution is 5.70. The van der Waals surface area contributed by atoms with Crippen LogP contribution in [0.25, 0.3) is 0 Å². The highest BCUT2D eigenvalue weighted by Gasteiger charge is 2.44. The van der Waals surface area contributed by atoms with Crippen molar-refractivity contribution in [2.75, 3.05) is 19.8 Å². The minimum Gasteiger partial charge on any atom is -0.462 e. The summed E-state index contributed by atoms with van der Waals surface area (Å²) in [5.74, 6) is -0.817. The van der Waals surface area contributed by atoms with Gasteiger partial charge in [-0.05, 0) is 70.6 Å². The summed E-state index contributed by atoms with van der Waals surface area (Å²) in [5.41, 5.74) is 0. The molecule has 10 nitrogen and oxygen atoms in total. The second-order valence-corrected chi connectivity index (χ2v) is 16.6. The molecule has 6 unspecified atom stereocenters. The van der Waals surface area contributed by atoms with Crippen LogP contribution in [0.2, 0.25) is 0 Å². The Balaban J connectivity index is 2.30. The molecule has 344 valence electrons. The summed E-state index contributed by atoms with van der Waals surface area (Å²) in [6, 6.07) is 0. The molecule has 0 radical (unpaired) electrons. The van der Waals surface area contributed by atoms with E-state index in [9.17, 15) is 30.0 Å². The molecule has 0 amide bonds. The molecule has 10 heteroatoms. The quantitative estimate of drug-likeness (QED) is 0.0267. The van der Waals surface area contributed by atoms with Crippen LogP contribution in [0.1, 0.15) is 206 Å². The van der Waals surface area contributed by atoms with Crippen molar-refractivity contribution in [1.82, 2.24) is 0 Å². The Labute approximate surface area is 359 Å². The fraction of sp³-hybridized carbons (Fsp3) is 0.837. The van der Waals surface area contributed by atoms with E-state index in [-0.39, 0.29) is 32.0 Å². The van der Waals surface area contributed by atoms with Gasteiger partial charge >= 0.3 is 11.9 Å². The Bertz CT molecular complexity index is 1060. The number of unbranched alkanes of at least 4 members (excludes halogenated alkanes) is 23. The van der Waals surface area contributed by atoms with Crippen molar-refractivity contribution < 1.29 is 49.0 Å². The number of ether oxygens (including phenoxy) is 4. The van der Waals surface area contributed by atoms with E-state index in [2.05, 4.69) is 50.3 Å². The van der Waals surface area contributed by atoms with Gasteiger partial charge in [0.15, 0.2) is 12.4 Å². The number of hydrogen-bond donors (Lipinski definition) is 4. The third-order valence-corrected chi connectivity index (χ3v) is 11.0. The Morgan fingerprint density at radius 1 is 0.525 bits per heavy atom. The minimum absolute atomic E-state index is 0.222. The molecular weight excluding hydrogens is 749 g/mol. The van der Waals surface area contributed by atoms with E-state index in [0.717, 1.165) is 64.2 Å². The van der Waals surface area contributed by atoms with E-state index in [1.165, 1.54) is 103 Å². The number of hydrogen-bond acceptors (Lipinski definition) is 10. The van der Waals surface area contributed by atoms with Gasteiger partial charge in [-0.25, -0.2) is 0 Å². The third kappa shape index (κ3) is 31.4. The maximum absolute atomic E-state index is 12.8. The SMILES string of the molecule is CCCCC/C=C\C/C=C\CCCCCCCCCCCC(=O)OC(COC(=O)CCCCCCC/C=C\CCCCCCCC)COC1OC(CO)C(O)C(O)C1O. The molecule has 1 aliphatic rings. The molecular formula is C49H88O10. The van der Waals surface area contributed by atoms with Crippen molar-refractivity contribution in [3.8, 4) is 0 Å². The molecule has 6 atom stereocenters. The molecule has 0 aromatic heterocycles. The molecule has 0 bridgehead atoms. The fourth-order valence-corrected chi connectivity index (χ4v) is 7.15. The van der Waals surface area contributed by atoms with Crippen LogP contribution >= 0.6 is 0 Å². The highest BCUT2D eigenvalue weighted by atomic mass is 16.7. The van der Waals surface area contributed by atoms with Gasteiger partial charge in [0.25, 0.3) is 0 Å². The number of carbonyl (C=O) groups excluding carboxylic acids is 2. The molecule has 1 fully saturated rings. The number of carbonyl (C=O) groups is 2. The van der Waals surface area contributed by atoms with Crippen LogP contribution in [0.4, 0.5) is 0 Å². The zero-order valence-corrected chi connectivity index (χ0v) is 37.5. The molecule has 1 saturated heterocycles. The predicted octanol–water partition coefficient (Wildman–Crippen LogP) is 10.7. The van der Waals surface area contributed by atoms with Gasteiger partial charge in [0.05, 0.1) is 13.2 Å². The van der Waals surface area contributed by atoms with Gasteiger partial charge in [-0.15, -0.1) is 0 Å². The first kappa shape index (κ1) is 54.9. The van der Waals surface area contributed by atoms with Crippen LogP contribution < -0.4 is 0 Å². The third-order valence-electron chi connectivity index (χ3n) is 11.0. The molecule has 0 aromatic carbocycles. The van der Waals surface area contributed by atoms with Gasteiger partial charge < -0.3 is 39.4 Å². The lowest BCUT2D eigenvalue weighted by Crippen LogP contribution is -2.59. The van der Waals surface area contributed by atoms with Crippen LogP contribution in [-0.4, -0.2) is 89.0 Å². The maximum atomic E-state index is 12.8. The van der Waals surface area contributed by atoms with Crippen LogP contribution in [0.3, 0.4) is 0 Å². The average Bonchev–Trinajstić information content (AvgIpc) is 3.23. The van der Waals surface area contributed by atoms with E-state index in [1.807, 2.05) is 0 Å². The molecule has 1 heterocycles. The first-order valence-corrected chi connectivity index (χ1v) is 24.1. The Morgan fingerprint density at radius 3 is 1.46 bits per heavy atom. The lowest BCUT2D eigenvalue weighted by Gasteiger charge is -2.39. The second-order valence-electron chi connectivity index (χ2n) is 16.6. The molecule has 1 aliphatic heterocycles. The number of aliphatic hydroxyl groups excluding tert-OH is 4. The molecule has 4 N–H and O–H groups in total. The topological polar surface area (TPSA) is 152 Å². The smallest absolute Gasteiger partial charge is 0.306 e. The van der Waals surface area contributed by atoms with Crippen molar-refractivity contribution in [3.63, 3.8) is 0 Å². The largest absolute Gasteiger partial charge is 0.462 e. The fourth-order valence-electron chi connectivity index (χ4n) is 7.15. The lowest BCUT2D eigenvalue weighted by molar-refractivity contribution is -0.305. The van der Waals surface area contributed by atoms with Crippen LogP contribution in [0, 0.1) is 0 Å². The summed E-state index contributed by atoms with van der Waals surface area (Å²) in [6.07, 6.45) is 38.6. The Kier molecular flexibility index (Phi) is 37.3. The van der Waals surface area contributed by atoms with Crippen LogP contribution in [0.15, 0.2) is 36.5 Å². The number of allylic oxidation sites excluding steroid dienone is 6. The molecule has 0 spiro atoms. The summed E-state index contributed by atoms with van der Waals surface area (Å²) in [6.45, 7) is 3.39.